The van der Waals surface area contributed by atoms with Gasteiger partial charge in [0.1, 0.15) is 0 Å². The molecule has 0 bridgehead atoms. The van der Waals surface area contributed by atoms with Crippen LogP contribution in [0.3, 0.4) is 0 Å². The summed E-state index contributed by atoms with van der Waals surface area (Å²) >= 11 is 0. The lowest BCUT2D eigenvalue weighted by Gasteiger charge is -2.27. The van der Waals surface area contributed by atoms with Crippen molar-refractivity contribution in [2.24, 2.45) is 0 Å². The molecule has 0 aliphatic carbocycles. The molecule has 2 atom stereocenters. The van der Waals surface area contributed by atoms with Gasteiger partial charge in [-0.25, -0.2) is 0 Å². The molecule has 0 spiro atoms. The number of hydrogen-bond acceptors (Lipinski definition) is 4. The normalized spacial score (nSPS) is 24.5. The van der Waals surface area contributed by atoms with Gasteiger partial charge >= 0.3 is 0 Å². The molecule has 0 unspecified atom stereocenters. The van der Waals surface area contributed by atoms with Crippen molar-refractivity contribution in [2.75, 3.05) is 13.2 Å². The molecule has 0 amide bonds. The fourth-order valence-corrected chi connectivity index (χ4v) is 2.19. The van der Waals surface area contributed by atoms with E-state index in [1.807, 2.05) is 0 Å². The zero-order chi connectivity index (χ0) is 12.3. The highest BCUT2D eigenvalue weighted by atomic mass is 16.6. The van der Waals surface area contributed by atoms with Crippen LogP contribution in [0.2, 0.25) is 0 Å². The zero-order valence-corrected chi connectivity index (χ0v) is 9.41. The van der Waals surface area contributed by atoms with Crippen LogP contribution >= 0.6 is 0 Å². The van der Waals surface area contributed by atoms with Gasteiger partial charge in [0.05, 0.1) is 24.2 Å². The monoisotopic (exact) mass is 237 g/mol. The zero-order valence-electron chi connectivity index (χ0n) is 9.41. The second-order valence-electron chi connectivity index (χ2n) is 4.23. The van der Waals surface area contributed by atoms with E-state index in [-0.39, 0.29) is 29.2 Å². The maximum atomic E-state index is 10.9. The Bertz CT molecular complexity index is 399. The van der Waals surface area contributed by atoms with E-state index in [0.29, 0.717) is 6.61 Å². The number of hydrogen-bond donors (Lipinski definition) is 1. The SMILES string of the molecule is O=[N+]([O-])c1ccccc1[C@H]1CC[C@@H](CO)OC1. The Morgan fingerprint density at radius 1 is 1.41 bits per heavy atom. The Hall–Kier alpha value is -1.46. The highest BCUT2D eigenvalue weighted by Crippen LogP contribution is 2.33. The van der Waals surface area contributed by atoms with Gasteiger partial charge in [0.25, 0.3) is 5.69 Å². The van der Waals surface area contributed by atoms with Crippen LogP contribution in [0.15, 0.2) is 24.3 Å². The predicted molar refractivity (Wildman–Crippen MR) is 61.9 cm³/mol. The molecule has 17 heavy (non-hydrogen) atoms. The number of aliphatic hydroxyl groups excluding tert-OH is 1. The van der Waals surface area contributed by atoms with E-state index in [4.69, 9.17) is 9.84 Å². The minimum Gasteiger partial charge on any atom is -0.394 e. The number of nitrogens with zero attached hydrogens (tertiary/aromatic N) is 1. The first-order valence-corrected chi connectivity index (χ1v) is 5.68. The average molecular weight is 237 g/mol. The molecule has 92 valence electrons. The molecular weight excluding hydrogens is 222 g/mol. The van der Waals surface area contributed by atoms with Crippen molar-refractivity contribution in [3.8, 4) is 0 Å². The molecule has 5 heteroatoms. The van der Waals surface area contributed by atoms with Crippen molar-refractivity contribution in [3.05, 3.63) is 39.9 Å². The van der Waals surface area contributed by atoms with E-state index in [9.17, 15) is 10.1 Å². The Balaban J connectivity index is 2.15. The first-order valence-electron chi connectivity index (χ1n) is 5.68. The van der Waals surface area contributed by atoms with E-state index in [0.717, 1.165) is 18.4 Å². The standard InChI is InChI=1S/C12H15NO4/c14-7-10-6-5-9(8-17-10)11-3-1-2-4-12(11)13(15)16/h1-4,9-10,14H,5-8H2/t9-,10-/m0/s1. The van der Waals surface area contributed by atoms with Crippen molar-refractivity contribution in [2.45, 2.75) is 24.9 Å². The van der Waals surface area contributed by atoms with Gasteiger partial charge in [-0.2, -0.15) is 0 Å². The van der Waals surface area contributed by atoms with Crippen molar-refractivity contribution < 1.29 is 14.8 Å². The molecule has 1 fully saturated rings. The van der Waals surface area contributed by atoms with Gasteiger partial charge in [-0.15, -0.1) is 0 Å². The number of aliphatic hydroxyl groups is 1. The second kappa shape index (κ2) is 5.25. The van der Waals surface area contributed by atoms with Crippen LogP contribution in [0.25, 0.3) is 0 Å². The minimum atomic E-state index is -0.354. The van der Waals surface area contributed by atoms with Gasteiger partial charge in [0.15, 0.2) is 0 Å². The van der Waals surface area contributed by atoms with Crippen LogP contribution in [0.4, 0.5) is 5.69 Å². The van der Waals surface area contributed by atoms with E-state index in [1.165, 1.54) is 6.07 Å². The number of ether oxygens (including phenoxy) is 1. The lowest BCUT2D eigenvalue weighted by molar-refractivity contribution is -0.385. The summed E-state index contributed by atoms with van der Waals surface area (Å²) in [6.07, 6.45) is 1.44. The molecule has 1 aromatic carbocycles. The fourth-order valence-electron chi connectivity index (χ4n) is 2.19. The van der Waals surface area contributed by atoms with Gasteiger partial charge < -0.3 is 9.84 Å². The number of benzene rings is 1. The number of rotatable bonds is 3. The largest absolute Gasteiger partial charge is 0.394 e. The summed E-state index contributed by atoms with van der Waals surface area (Å²) in [5, 5.41) is 19.9. The maximum absolute atomic E-state index is 10.9. The maximum Gasteiger partial charge on any atom is 0.272 e. The first-order chi connectivity index (χ1) is 8.22. The van der Waals surface area contributed by atoms with E-state index >= 15 is 0 Å². The molecule has 1 aromatic rings. The third-order valence-corrected chi connectivity index (χ3v) is 3.15. The summed E-state index contributed by atoms with van der Waals surface area (Å²) in [6, 6.07) is 6.78. The first kappa shape index (κ1) is 12.0. The van der Waals surface area contributed by atoms with Gasteiger partial charge in [0, 0.05) is 17.5 Å². The van der Waals surface area contributed by atoms with Crippen LogP contribution < -0.4 is 0 Å². The molecule has 0 radical (unpaired) electrons. The summed E-state index contributed by atoms with van der Waals surface area (Å²) < 4.78 is 5.46. The molecule has 1 N–H and O–H groups in total. The van der Waals surface area contributed by atoms with Crippen molar-refractivity contribution in [1.29, 1.82) is 0 Å². The summed E-state index contributed by atoms with van der Waals surface area (Å²) in [5.74, 6) is 0.0550. The van der Waals surface area contributed by atoms with Gasteiger partial charge in [0.2, 0.25) is 0 Å². The predicted octanol–water partition coefficient (Wildman–Crippen LogP) is 1.85. The highest BCUT2D eigenvalue weighted by Gasteiger charge is 2.27. The topological polar surface area (TPSA) is 72.6 Å². The van der Waals surface area contributed by atoms with Crippen molar-refractivity contribution >= 4 is 5.69 Å². The molecule has 2 rings (SSSR count). The summed E-state index contributed by atoms with van der Waals surface area (Å²) in [6.45, 7) is 0.458. The molecule has 0 aromatic heterocycles. The summed E-state index contributed by atoms with van der Waals surface area (Å²) in [7, 11) is 0. The van der Waals surface area contributed by atoms with Gasteiger partial charge in [-0.05, 0) is 12.8 Å². The van der Waals surface area contributed by atoms with Crippen LogP contribution in [0.1, 0.15) is 24.3 Å². The van der Waals surface area contributed by atoms with E-state index in [1.54, 1.807) is 18.2 Å². The summed E-state index contributed by atoms with van der Waals surface area (Å²) in [4.78, 5) is 10.6. The molecule has 1 aliphatic rings. The number of nitro groups is 1. The quantitative estimate of drug-likeness (QED) is 0.643. The Morgan fingerprint density at radius 2 is 2.18 bits per heavy atom. The molecule has 5 nitrogen and oxygen atoms in total. The summed E-state index contributed by atoms with van der Waals surface area (Å²) in [5.41, 5.74) is 0.887. The molecular formula is C12H15NO4. The van der Waals surface area contributed by atoms with E-state index < -0.39 is 0 Å². The lowest BCUT2D eigenvalue weighted by Crippen LogP contribution is -2.27. The van der Waals surface area contributed by atoms with Crippen LogP contribution in [-0.2, 0) is 4.74 Å². The van der Waals surface area contributed by atoms with Crippen LogP contribution in [0.5, 0.6) is 0 Å². The average Bonchev–Trinajstić information content (AvgIpc) is 2.39. The lowest BCUT2D eigenvalue weighted by atomic mass is 9.90. The number of nitro benzene ring substituents is 1. The molecule has 1 aliphatic heterocycles. The number of para-hydroxylation sites is 1. The molecule has 1 saturated heterocycles. The fraction of sp³-hybridized carbons (Fsp3) is 0.500. The van der Waals surface area contributed by atoms with Crippen molar-refractivity contribution in [3.63, 3.8) is 0 Å². The third kappa shape index (κ3) is 2.62. The second-order valence-corrected chi connectivity index (χ2v) is 4.23. The highest BCUT2D eigenvalue weighted by molar-refractivity contribution is 5.42. The smallest absolute Gasteiger partial charge is 0.272 e. The minimum absolute atomic E-state index is 0.0175. The van der Waals surface area contributed by atoms with E-state index in [2.05, 4.69) is 0 Å². The van der Waals surface area contributed by atoms with Crippen LogP contribution in [-0.4, -0.2) is 29.3 Å². The van der Waals surface area contributed by atoms with Crippen LogP contribution in [0, 0.1) is 10.1 Å². The Kier molecular flexibility index (Phi) is 3.71. The Morgan fingerprint density at radius 3 is 2.76 bits per heavy atom. The third-order valence-electron chi connectivity index (χ3n) is 3.15. The molecule has 0 saturated carbocycles. The van der Waals surface area contributed by atoms with Crippen molar-refractivity contribution in [1.82, 2.24) is 0 Å². The molecule has 1 heterocycles. The van der Waals surface area contributed by atoms with Gasteiger partial charge in [-0.3, -0.25) is 10.1 Å². The Labute approximate surface area is 99.2 Å². The van der Waals surface area contributed by atoms with Gasteiger partial charge in [-0.1, -0.05) is 18.2 Å².